The van der Waals surface area contributed by atoms with E-state index in [1.807, 2.05) is 6.92 Å². The van der Waals surface area contributed by atoms with Gasteiger partial charge < -0.3 is 4.98 Å². The van der Waals surface area contributed by atoms with Gasteiger partial charge in [-0.25, -0.2) is 9.78 Å². The Hall–Kier alpha value is -1.85. The van der Waals surface area contributed by atoms with Crippen LogP contribution in [0, 0.1) is 5.92 Å². The molecule has 1 fully saturated rings. The van der Waals surface area contributed by atoms with Crippen LogP contribution in [0.4, 0.5) is 0 Å². The number of fused-ring (bicyclic) bond motifs is 1. The van der Waals surface area contributed by atoms with Gasteiger partial charge in [0.2, 0.25) is 0 Å². The maximum absolute atomic E-state index is 12.1. The van der Waals surface area contributed by atoms with E-state index >= 15 is 0 Å². The van der Waals surface area contributed by atoms with Crippen molar-refractivity contribution in [2.24, 2.45) is 5.92 Å². The Morgan fingerprint density at radius 2 is 1.95 bits per heavy atom. The number of nitrogens with one attached hydrogen (secondary N) is 2. The van der Waals surface area contributed by atoms with Crippen molar-refractivity contribution in [1.29, 1.82) is 0 Å². The van der Waals surface area contributed by atoms with E-state index in [2.05, 4.69) is 15.0 Å². The molecular formula is C14H20N4O2. The molecule has 1 aliphatic rings. The topological polar surface area (TPSA) is 83.5 Å². The van der Waals surface area contributed by atoms with Crippen LogP contribution in [0.2, 0.25) is 0 Å². The quantitative estimate of drug-likeness (QED) is 0.892. The molecule has 0 saturated heterocycles. The van der Waals surface area contributed by atoms with E-state index in [0.29, 0.717) is 30.0 Å². The summed E-state index contributed by atoms with van der Waals surface area (Å²) < 4.78 is 1.63. The Labute approximate surface area is 116 Å². The first-order chi connectivity index (χ1) is 9.69. The monoisotopic (exact) mass is 276 g/mol. The van der Waals surface area contributed by atoms with Crippen molar-refractivity contribution in [3.8, 4) is 0 Å². The van der Waals surface area contributed by atoms with Crippen molar-refractivity contribution in [1.82, 2.24) is 19.5 Å². The molecule has 3 rings (SSSR count). The third-order valence-corrected chi connectivity index (χ3v) is 4.18. The molecule has 1 aliphatic carbocycles. The summed E-state index contributed by atoms with van der Waals surface area (Å²) in [6, 6.07) is 0. The van der Waals surface area contributed by atoms with Crippen LogP contribution in [-0.4, -0.2) is 19.5 Å². The molecule has 20 heavy (non-hydrogen) atoms. The van der Waals surface area contributed by atoms with Crippen LogP contribution in [0.3, 0.4) is 0 Å². The number of hydrogen-bond donors (Lipinski definition) is 2. The molecule has 2 aromatic rings. The van der Waals surface area contributed by atoms with Gasteiger partial charge in [-0.1, -0.05) is 26.2 Å². The zero-order chi connectivity index (χ0) is 14.1. The standard InChI is InChI=1S/C14H20N4O2/c1-2-10-15-11-12(16-10)18(14(20)17-13(11)19)8-9-6-4-3-5-7-9/h9H,2-8H2,1H3,(H,15,16)(H,17,19,20). The average Bonchev–Trinajstić information content (AvgIpc) is 2.89. The fourth-order valence-corrected chi connectivity index (χ4v) is 3.05. The predicted molar refractivity (Wildman–Crippen MR) is 76.9 cm³/mol. The smallest absolute Gasteiger partial charge is 0.330 e. The molecule has 1 saturated carbocycles. The number of aromatic amines is 2. The van der Waals surface area contributed by atoms with E-state index in [-0.39, 0.29) is 11.2 Å². The molecule has 0 atom stereocenters. The number of hydrogen-bond acceptors (Lipinski definition) is 3. The molecule has 0 radical (unpaired) electrons. The first kappa shape index (κ1) is 13.1. The van der Waals surface area contributed by atoms with Crippen LogP contribution < -0.4 is 11.2 Å². The molecular weight excluding hydrogens is 256 g/mol. The van der Waals surface area contributed by atoms with Gasteiger partial charge in [0.05, 0.1) is 0 Å². The second kappa shape index (κ2) is 5.26. The van der Waals surface area contributed by atoms with Crippen molar-refractivity contribution in [3.05, 3.63) is 26.7 Å². The Kier molecular flexibility index (Phi) is 3.46. The first-order valence-electron chi connectivity index (χ1n) is 7.40. The van der Waals surface area contributed by atoms with Gasteiger partial charge in [0, 0.05) is 13.0 Å². The van der Waals surface area contributed by atoms with Crippen molar-refractivity contribution in [3.63, 3.8) is 0 Å². The van der Waals surface area contributed by atoms with Crippen LogP contribution in [0.15, 0.2) is 9.59 Å². The number of rotatable bonds is 3. The SMILES string of the molecule is CCc1nc2c([nH]1)c(=O)[nH]c(=O)n2CC1CCCCC1. The van der Waals surface area contributed by atoms with Crippen LogP contribution in [0.5, 0.6) is 0 Å². The minimum Gasteiger partial charge on any atom is -0.336 e. The van der Waals surface area contributed by atoms with Crippen LogP contribution >= 0.6 is 0 Å². The van der Waals surface area contributed by atoms with E-state index in [1.165, 1.54) is 19.3 Å². The lowest BCUT2D eigenvalue weighted by molar-refractivity contribution is 0.317. The third-order valence-electron chi connectivity index (χ3n) is 4.18. The van der Waals surface area contributed by atoms with Gasteiger partial charge in [0.1, 0.15) is 11.3 Å². The maximum Gasteiger partial charge on any atom is 0.330 e. The number of nitrogens with zero attached hydrogens (tertiary/aromatic N) is 2. The molecule has 0 aliphatic heterocycles. The van der Waals surface area contributed by atoms with Gasteiger partial charge in [-0.15, -0.1) is 0 Å². The normalized spacial score (nSPS) is 16.9. The zero-order valence-electron chi connectivity index (χ0n) is 11.7. The molecule has 0 bridgehead atoms. The second-order valence-electron chi connectivity index (χ2n) is 5.61. The number of aromatic nitrogens is 4. The summed E-state index contributed by atoms with van der Waals surface area (Å²) in [7, 11) is 0. The molecule has 0 aromatic carbocycles. The Balaban J connectivity index is 2.06. The summed E-state index contributed by atoms with van der Waals surface area (Å²) in [5, 5.41) is 0. The minimum absolute atomic E-state index is 0.345. The highest BCUT2D eigenvalue weighted by Crippen LogP contribution is 2.25. The summed E-state index contributed by atoms with van der Waals surface area (Å²) in [5.74, 6) is 1.26. The lowest BCUT2D eigenvalue weighted by Crippen LogP contribution is -2.32. The first-order valence-corrected chi connectivity index (χ1v) is 7.40. The molecule has 2 N–H and O–H groups in total. The fourth-order valence-electron chi connectivity index (χ4n) is 3.05. The zero-order valence-corrected chi connectivity index (χ0v) is 11.7. The van der Waals surface area contributed by atoms with Crippen molar-refractivity contribution in [2.45, 2.75) is 52.0 Å². The summed E-state index contributed by atoms with van der Waals surface area (Å²) in [6.45, 7) is 2.62. The van der Waals surface area contributed by atoms with Crippen molar-refractivity contribution in [2.75, 3.05) is 0 Å². The lowest BCUT2D eigenvalue weighted by Gasteiger charge is -2.22. The molecule has 0 unspecified atom stereocenters. The summed E-state index contributed by atoms with van der Waals surface area (Å²) in [6.07, 6.45) is 6.76. The van der Waals surface area contributed by atoms with Crippen LogP contribution in [0.25, 0.3) is 11.2 Å². The summed E-state index contributed by atoms with van der Waals surface area (Å²) >= 11 is 0. The van der Waals surface area contributed by atoms with E-state index in [0.717, 1.165) is 18.7 Å². The highest BCUT2D eigenvalue weighted by atomic mass is 16.2. The van der Waals surface area contributed by atoms with E-state index < -0.39 is 0 Å². The van der Waals surface area contributed by atoms with Crippen LogP contribution in [0.1, 0.15) is 44.9 Å². The van der Waals surface area contributed by atoms with E-state index in [9.17, 15) is 9.59 Å². The largest absolute Gasteiger partial charge is 0.336 e. The Bertz CT molecular complexity index is 719. The Morgan fingerprint density at radius 1 is 1.20 bits per heavy atom. The van der Waals surface area contributed by atoms with E-state index in [4.69, 9.17) is 0 Å². The van der Waals surface area contributed by atoms with Crippen molar-refractivity contribution < 1.29 is 0 Å². The third kappa shape index (κ3) is 2.30. The minimum atomic E-state index is -0.378. The Morgan fingerprint density at radius 3 is 2.65 bits per heavy atom. The maximum atomic E-state index is 12.1. The molecule has 108 valence electrons. The fraction of sp³-hybridized carbons (Fsp3) is 0.643. The predicted octanol–water partition coefficient (Wildman–Crippen LogP) is 1.56. The number of H-pyrrole nitrogens is 2. The highest BCUT2D eigenvalue weighted by Gasteiger charge is 2.18. The van der Waals surface area contributed by atoms with Gasteiger partial charge >= 0.3 is 5.69 Å². The van der Waals surface area contributed by atoms with Crippen molar-refractivity contribution >= 4 is 11.2 Å². The van der Waals surface area contributed by atoms with Gasteiger partial charge in [-0.3, -0.25) is 14.3 Å². The summed E-state index contributed by atoms with van der Waals surface area (Å²) in [4.78, 5) is 33.7. The molecule has 2 heterocycles. The average molecular weight is 276 g/mol. The van der Waals surface area contributed by atoms with Gasteiger partial charge in [0.15, 0.2) is 5.65 Å². The number of imidazole rings is 1. The molecule has 2 aromatic heterocycles. The second-order valence-corrected chi connectivity index (χ2v) is 5.61. The van der Waals surface area contributed by atoms with E-state index in [1.54, 1.807) is 4.57 Å². The highest BCUT2D eigenvalue weighted by molar-refractivity contribution is 5.69. The molecule has 6 heteroatoms. The number of aryl methyl sites for hydroxylation is 1. The van der Waals surface area contributed by atoms with Gasteiger partial charge in [-0.2, -0.15) is 0 Å². The molecule has 0 amide bonds. The molecule has 0 spiro atoms. The van der Waals surface area contributed by atoms with Gasteiger partial charge in [-0.05, 0) is 18.8 Å². The lowest BCUT2D eigenvalue weighted by atomic mass is 9.89. The van der Waals surface area contributed by atoms with Crippen LogP contribution in [-0.2, 0) is 13.0 Å². The van der Waals surface area contributed by atoms with Gasteiger partial charge in [0.25, 0.3) is 5.56 Å². The molecule has 6 nitrogen and oxygen atoms in total. The summed E-state index contributed by atoms with van der Waals surface area (Å²) in [5.41, 5.74) is 0.192.